The molecule has 33 heavy (non-hydrogen) atoms. The van der Waals surface area contributed by atoms with Crippen molar-refractivity contribution in [3.05, 3.63) is 83.2 Å². The summed E-state index contributed by atoms with van der Waals surface area (Å²) in [4.78, 5) is 14.7. The van der Waals surface area contributed by atoms with Crippen LogP contribution in [0.25, 0.3) is 22.4 Å². The number of hydrogen-bond acceptors (Lipinski definition) is 3. The third kappa shape index (κ3) is 5.23. The van der Waals surface area contributed by atoms with Gasteiger partial charge in [0.05, 0.1) is 16.4 Å². The number of hydrogen-bond donors (Lipinski definition) is 2. The summed E-state index contributed by atoms with van der Waals surface area (Å²) in [6.45, 7) is 0. The Morgan fingerprint density at radius 3 is 2.15 bits per heavy atom. The summed E-state index contributed by atoms with van der Waals surface area (Å²) >= 11 is 3.54. The van der Waals surface area contributed by atoms with Gasteiger partial charge in [0.15, 0.2) is 0 Å². The molecule has 0 unspecified atom stereocenters. The predicted molar refractivity (Wildman–Crippen MR) is 135 cm³/mol. The van der Waals surface area contributed by atoms with E-state index >= 15 is 0 Å². The lowest BCUT2D eigenvalue weighted by molar-refractivity contribution is 0.262. The number of benzene rings is 3. The van der Waals surface area contributed by atoms with Gasteiger partial charge in [-0.3, -0.25) is 4.68 Å². The van der Waals surface area contributed by atoms with Crippen molar-refractivity contribution in [1.29, 1.82) is 0 Å². The molecule has 0 bridgehead atoms. The van der Waals surface area contributed by atoms with Gasteiger partial charge in [-0.1, -0.05) is 12.1 Å². The largest absolute Gasteiger partial charge is 0.378 e. The van der Waals surface area contributed by atoms with Crippen LogP contribution in [0.4, 0.5) is 26.2 Å². The van der Waals surface area contributed by atoms with Gasteiger partial charge in [-0.05, 0) is 81.7 Å². The molecule has 1 aromatic heterocycles. The molecule has 0 fully saturated rings. The van der Waals surface area contributed by atoms with Crippen molar-refractivity contribution >= 4 is 39.0 Å². The lowest BCUT2D eigenvalue weighted by Gasteiger charge is -2.14. The van der Waals surface area contributed by atoms with Gasteiger partial charge in [-0.15, -0.1) is 0 Å². The van der Waals surface area contributed by atoms with Gasteiger partial charge >= 0.3 is 6.03 Å². The number of carbonyl (C=O) groups is 1. The second-order valence-corrected chi connectivity index (χ2v) is 8.65. The van der Waals surface area contributed by atoms with Gasteiger partial charge in [0.2, 0.25) is 0 Å². The molecule has 0 saturated heterocycles. The van der Waals surface area contributed by atoms with Crippen LogP contribution in [0.3, 0.4) is 0 Å². The molecule has 6 nitrogen and oxygen atoms in total. The average molecular weight is 508 g/mol. The van der Waals surface area contributed by atoms with Gasteiger partial charge in [0.25, 0.3) is 0 Å². The Bertz CT molecular complexity index is 1260. The first-order valence-electron chi connectivity index (χ1n) is 10.2. The van der Waals surface area contributed by atoms with Gasteiger partial charge in [0, 0.05) is 43.8 Å². The normalized spacial score (nSPS) is 10.7. The van der Waals surface area contributed by atoms with E-state index in [4.69, 9.17) is 0 Å². The van der Waals surface area contributed by atoms with Crippen LogP contribution in [0.1, 0.15) is 0 Å². The van der Waals surface area contributed by atoms with E-state index in [0.29, 0.717) is 11.4 Å². The molecule has 2 amide bonds. The minimum atomic E-state index is -0.362. The summed E-state index contributed by atoms with van der Waals surface area (Å²) in [5, 5.41) is 10.1. The molecule has 3 aromatic carbocycles. The van der Waals surface area contributed by atoms with Gasteiger partial charge in [-0.25, -0.2) is 9.18 Å². The summed E-state index contributed by atoms with van der Waals surface area (Å²) in [6, 6.07) is 19.2. The smallest absolute Gasteiger partial charge is 0.323 e. The average Bonchev–Trinajstić information content (AvgIpc) is 3.12. The molecule has 0 aliphatic carbocycles. The number of rotatable bonds is 5. The van der Waals surface area contributed by atoms with Crippen molar-refractivity contribution in [2.45, 2.75) is 0 Å². The highest BCUT2D eigenvalue weighted by Gasteiger charge is 2.13. The number of aromatic nitrogens is 2. The molecular formula is C25H23BrFN5O. The maximum Gasteiger partial charge on any atom is 0.323 e. The Kier molecular flexibility index (Phi) is 6.46. The minimum absolute atomic E-state index is 0.303. The highest BCUT2D eigenvalue weighted by Crippen LogP contribution is 2.34. The molecule has 0 radical (unpaired) electrons. The Morgan fingerprint density at radius 2 is 1.55 bits per heavy atom. The summed E-state index contributed by atoms with van der Waals surface area (Å²) in [5.74, 6) is -0.303. The number of carbonyl (C=O) groups excluding carboxylic acids is 1. The molecule has 0 aliphatic heterocycles. The van der Waals surface area contributed by atoms with Crippen LogP contribution in [0, 0.1) is 5.82 Å². The Hall–Kier alpha value is -3.65. The molecule has 0 spiro atoms. The van der Waals surface area contributed by atoms with Crippen molar-refractivity contribution in [3.63, 3.8) is 0 Å². The molecule has 0 atom stereocenters. The third-order valence-electron chi connectivity index (χ3n) is 5.18. The van der Waals surface area contributed by atoms with E-state index in [1.807, 2.05) is 68.5 Å². The summed E-state index contributed by atoms with van der Waals surface area (Å²) < 4.78 is 16.0. The highest BCUT2D eigenvalue weighted by molar-refractivity contribution is 9.10. The fourth-order valence-corrected chi connectivity index (χ4v) is 4.09. The lowest BCUT2D eigenvalue weighted by Crippen LogP contribution is -2.19. The van der Waals surface area contributed by atoms with Crippen LogP contribution in [0.5, 0.6) is 0 Å². The number of anilines is 3. The van der Waals surface area contributed by atoms with Crippen molar-refractivity contribution in [1.82, 2.24) is 9.78 Å². The first kappa shape index (κ1) is 22.5. The van der Waals surface area contributed by atoms with Gasteiger partial charge in [0.1, 0.15) is 5.82 Å². The van der Waals surface area contributed by atoms with Crippen molar-refractivity contribution in [3.8, 4) is 22.4 Å². The van der Waals surface area contributed by atoms with Gasteiger partial charge < -0.3 is 15.5 Å². The van der Waals surface area contributed by atoms with E-state index in [1.54, 1.807) is 23.0 Å². The van der Waals surface area contributed by atoms with Crippen molar-refractivity contribution in [2.75, 3.05) is 29.6 Å². The van der Waals surface area contributed by atoms with Crippen LogP contribution in [0.2, 0.25) is 0 Å². The number of nitrogens with zero attached hydrogens (tertiary/aromatic N) is 3. The molecule has 2 N–H and O–H groups in total. The zero-order valence-electron chi connectivity index (χ0n) is 18.4. The maximum atomic E-state index is 13.5. The SMILES string of the molecule is CN(C)c1ccc(NC(=O)Nc2cc(-c3ccc(F)cc3)cc(-c3c(Br)cnn3C)c2)cc1. The van der Waals surface area contributed by atoms with Crippen LogP contribution >= 0.6 is 15.9 Å². The summed E-state index contributed by atoms with van der Waals surface area (Å²) in [6.07, 6.45) is 1.72. The Balaban J connectivity index is 1.65. The van der Waals surface area contributed by atoms with Gasteiger partial charge in [-0.2, -0.15) is 5.10 Å². The van der Waals surface area contributed by atoms with E-state index in [1.165, 1.54) is 12.1 Å². The van der Waals surface area contributed by atoms with Crippen LogP contribution in [0.15, 0.2) is 77.4 Å². The molecular weight excluding hydrogens is 485 g/mol. The molecule has 1 heterocycles. The van der Waals surface area contributed by atoms with Crippen LogP contribution in [-0.4, -0.2) is 29.9 Å². The Labute approximate surface area is 200 Å². The zero-order chi connectivity index (χ0) is 23.5. The number of urea groups is 1. The molecule has 0 aliphatic rings. The van der Waals surface area contributed by atoms with E-state index in [0.717, 1.165) is 32.5 Å². The van der Waals surface area contributed by atoms with Crippen molar-refractivity contribution in [2.24, 2.45) is 7.05 Å². The first-order valence-corrected chi connectivity index (χ1v) is 11.0. The Morgan fingerprint density at radius 1 is 0.909 bits per heavy atom. The fourth-order valence-electron chi connectivity index (χ4n) is 3.52. The second kappa shape index (κ2) is 9.46. The van der Waals surface area contributed by atoms with E-state index in [2.05, 4.69) is 31.7 Å². The zero-order valence-corrected chi connectivity index (χ0v) is 20.0. The predicted octanol–water partition coefficient (Wildman–Crippen LogP) is 6.37. The summed E-state index contributed by atoms with van der Waals surface area (Å²) in [7, 11) is 5.77. The quantitative estimate of drug-likeness (QED) is 0.330. The number of aryl methyl sites for hydroxylation is 1. The van der Waals surface area contributed by atoms with Crippen LogP contribution in [-0.2, 0) is 7.05 Å². The maximum absolute atomic E-state index is 13.5. The highest BCUT2D eigenvalue weighted by atomic mass is 79.9. The monoisotopic (exact) mass is 507 g/mol. The molecule has 8 heteroatoms. The summed E-state index contributed by atoms with van der Waals surface area (Å²) in [5.41, 5.74) is 5.71. The minimum Gasteiger partial charge on any atom is -0.378 e. The number of nitrogens with one attached hydrogen (secondary N) is 2. The topological polar surface area (TPSA) is 62.2 Å². The number of halogens is 2. The number of amides is 2. The lowest BCUT2D eigenvalue weighted by atomic mass is 10.0. The first-order chi connectivity index (χ1) is 15.8. The second-order valence-electron chi connectivity index (χ2n) is 7.79. The van der Waals surface area contributed by atoms with Crippen molar-refractivity contribution < 1.29 is 9.18 Å². The fraction of sp³-hybridized carbons (Fsp3) is 0.120. The molecule has 4 rings (SSSR count). The van der Waals surface area contributed by atoms with E-state index < -0.39 is 0 Å². The van der Waals surface area contributed by atoms with Crippen LogP contribution < -0.4 is 15.5 Å². The standard InChI is InChI=1S/C25H23BrFN5O/c1-31(2)22-10-8-20(9-11-22)29-25(33)30-21-13-17(16-4-6-19(27)7-5-16)12-18(14-21)24-23(26)15-28-32(24)3/h4-15H,1-3H3,(H2,29,30,33). The molecule has 4 aromatic rings. The molecule has 0 saturated carbocycles. The van der Waals surface area contributed by atoms with E-state index in [9.17, 15) is 9.18 Å². The third-order valence-corrected chi connectivity index (χ3v) is 5.76. The molecule has 168 valence electrons. The van der Waals surface area contributed by atoms with E-state index in [-0.39, 0.29) is 11.8 Å².